The summed E-state index contributed by atoms with van der Waals surface area (Å²) in [5.41, 5.74) is 4.56. The summed E-state index contributed by atoms with van der Waals surface area (Å²) in [6.07, 6.45) is 0.897. The zero-order valence-electron chi connectivity index (χ0n) is 13.8. The molecule has 0 radical (unpaired) electrons. The van der Waals surface area contributed by atoms with Crippen molar-refractivity contribution < 1.29 is 9.18 Å². The summed E-state index contributed by atoms with van der Waals surface area (Å²) in [7, 11) is 0. The van der Waals surface area contributed by atoms with E-state index in [-0.39, 0.29) is 18.1 Å². The maximum atomic E-state index is 13.8. The van der Waals surface area contributed by atoms with Gasteiger partial charge in [0, 0.05) is 23.2 Å². The number of amides is 1. The summed E-state index contributed by atoms with van der Waals surface area (Å²) in [6.45, 7) is 2.63. The molecular formula is C20H17FN2OS. The molecule has 1 aliphatic rings. The van der Waals surface area contributed by atoms with E-state index in [1.807, 2.05) is 24.4 Å². The quantitative estimate of drug-likeness (QED) is 0.700. The number of carbonyl (C=O) groups excluding carboxylic acids is 1. The SMILES string of the molecule is Cc1nc(-c2ccc3c(c2)CCN3C(=O)Cc2ccccc2F)cs1. The van der Waals surface area contributed by atoms with Crippen LogP contribution in [0.5, 0.6) is 0 Å². The molecule has 0 aliphatic carbocycles. The maximum Gasteiger partial charge on any atom is 0.231 e. The summed E-state index contributed by atoms with van der Waals surface area (Å²) in [5.74, 6) is -0.398. The lowest BCUT2D eigenvalue weighted by Crippen LogP contribution is -2.30. The third kappa shape index (κ3) is 3.07. The van der Waals surface area contributed by atoms with Crippen LogP contribution in [0, 0.1) is 12.7 Å². The fourth-order valence-corrected chi connectivity index (χ4v) is 3.84. The van der Waals surface area contributed by atoms with Crippen molar-refractivity contribution in [3.8, 4) is 11.3 Å². The number of carbonyl (C=O) groups is 1. The first-order valence-corrected chi connectivity index (χ1v) is 9.09. The van der Waals surface area contributed by atoms with E-state index >= 15 is 0 Å². The molecule has 1 aliphatic heterocycles. The second-order valence-corrected chi connectivity index (χ2v) is 7.22. The molecule has 0 fully saturated rings. The molecule has 0 saturated carbocycles. The summed E-state index contributed by atoms with van der Waals surface area (Å²) in [4.78, 5) is 18.9. The molecule has 0 spiro atoms. The van der Waals surface area contributed by atoms with Crippen molar-refractivity contribution in [2.45, 2.75) is 19.8 Å². The van der Waals surface area contributed by atoms with E-state index in [0.717, 1.165) is 33.9 Å². The van der Waals surface area contributed by atoms with Crippen molar-refractivity contribution in [2.75, 3.05) is 11.4 Å². The van der Waals surface area contributed by atoms with Gasteiger partial charge in [-0.2, -0.15) is 0 Å². The van der Waals surface area contributed by atoms with Crippen LogP contribution in [0.1, 0.15) is 16.1 Å². The first kappa shape index (κ1) is 16.0. The second-order valence-electron chi connectivity index (χ2n) is 6.16. The van der Waals surface area contributed by atoms with Crippen LogP contribution in [0.4, 0.5) is 10.1 Å². The summed E-state index contributed by atoms with van der Waals surface area (Å²) in [6, 6.07) is 12.5. The highest BCUT2D eigenvalue weighted by Gasteiger charge is 2.25. The van der Waals surface area contributed by atoms with Crippen molar-refractivity contribution in [1.29, 1.82) is 0 Å². The predicted molar refractivity (Wildman–Crippen MR) is 98.4 cm³/mol. The van der Waals surface area contributed by atoms with Gasteiger partial charge in [0.1, 0.15) is 5.82 Å². The number of anilines is 1. The van der Waals surface area contributed by atoms with Crippen LogP contribution < -0.4 is 4.90 Å². The van der Waals surface area contributed by atoms with Gasteiger partial charge in [-0.1, -0.05) is 24.3 Å². The van der Waals surface area contributed by atoms with Gasteiger partial charge in [-0.15, -0.1) is 11.3 Å². The average Bonchev–Trinajstić information content (AvgIpc) is 3.22. The molecule has 5 heteroatoms. The number of halogens is 1. The minimum absolute atomic E-state index is 0.0684. The first-order valence-electron chi connectivity index (χ1n) is 8.21. The van der Waals surface area contributed by atoms with Gasteiger partial charge in [-0.05, 0) is 42.7 Å². The zero-order valence-corrected chi connectivity index (χ0v) is 14.6. The maximum absolute atomic E-state index is 13.8. The highest BCUT2D eigenvalue weighted by Crippen LogP contribution is 2.33. The lowest BCUT2D eigenvalue weighted by Gasteiger charge is -2.18. The van der Waals surface area contributed by atoms with Crippen LogP contribution in [0.2, 0.25) is 0 Å². The minimum Gasteiger partial charge on any atom is -0.312 e. The third-order valence-electron chi connectivity index (χ3n) is 4.49. The van der Waals surface area contributed by atoms with Crippen LogP contribution in [0.3, 0.4) is 0 Å². The molecule has 0 unspecified atom stereocenters. The van der Waals surface area contributed by atoms with E-state index in [1.165, 1.54) is 6.07 Å². The highest BCUT2D eigenvalue weighted by molar-refractivity contribution is 7.09. The van der Waals surface area contributed by atoms with E-state index in [0.29, 0.717) is 12.1 Å². The normalized spacial score (nSPS) is 13.1. The molecule has 1 aromatic heterocycles. The Balaban J connectivity index is 1.57. The molecule has 0 saturated heterocycles. The van der Waals surface area contributed by atoms with Crippen LogP contribution in [0.15, 0.2) is 47.8 Å². The molecule has 4 rings (SSSR count). The molecule has 0 bridgehead atoms. The van der Waals surface area contributed by atoms with Gasteiger partial charge in [0.2, 0.25) is 5.91 Å². The number of aromatic nitrogens is 1. The summed E-state index contributed by atoms with van der Waals surface area (Å²) >= 11 is 1.63. The van der Waals surface area contributed by atoms with Gasteiger partial charge in [0.25, 0.3) is 0 Å². The molecule has 0 atom stereocenters. The second kappa shape index (κ2) is 6.41. The minimum atomic E-state index is -0.329. The number of thiazole rings is 1. The van der Waals surface area contributed by atoms with Gasteiger partial charge in [0.05, 0.1) is 17.1 Å². The fraction of sp³-hybridized carbons (Fsp3) is 0.200. The van der Waals surface area contributed by atoms with Crippen molar-refractivity contribution in [3.05, 3.63) is 69.8 Å². The Labute approximate surface area is 149 Å². The number of rotatable bonds is 3. The van der Waals surface area contributed by atoms with Crippen molar-refractivity contribution in [2.24, 2.45) is 0 Å². The molecule has 25 heavy (non-hydrogen) atoms. The Kier molecular flexibility index (Phi) is 4.09. The number of hydrogen-bond acceptors (Lipinski definition) is 3. The van der Waals surface area contributed by atoms with E-state index in [4.69, 9.17) is 0 Å². The van der Waals surface area contributed by atoms with Crippen LogP contribution in [0.25, 0.3) is 11.3 Å². The van der Waals surface area contributed by atoms with Crippen molar-refractivity contribution >= 4 is 22.9 Å². The van der Waals surface area contributed by atoms with Gasteiger partial charge >= 0.3 is 0 Å². The Hall–Kier alpha value is -2.53. The Bertz CT molecular complexity index is 950. The molecule has 2 aromatic carbocycles. The monoisotopic (exact) mass is 352 g/mol. The zero-order chi connectivity index (χ0) is 17.4. The summed E-state index contributed by atoms with van der Waals surface area (Å²) in [5, 5.41) is 3.09. The van der Waals surface area contributed by atoms with Gasteiger partial charge in [-0.3, -0.25) is 4.79 Å². The molecule has 2 heterocycles. The predicted octanol–water partition coefficient (Wildman–Crippen LogP) is 4.39. The summed E-state index contributed by atoms with van der Waals surface area (Å²) < 4.78 is 13.8. The van der Waals surface area contributed by atoms with Gasteiger partial charge < -0.3 is 4.90 Å². The Morgan fingerprint density at radius 2 is 2.12 bits per heavy atom. The van der Waals surface area contributed by atoms with Crippen molar-refractivity contribution in [3.63, 3.8) is 0 Å². The fourth-order valence-electron chi connectivity index (χ4n) is 3.22. The highest BCUT2D eigenvalue weighted by atomic mass is 32.1. The number of nitrogens with zero attached hydrogens (tertiary/aromatic N) is 2. The number of hydrogen-bond donors (Lipinski definition) is 0. The lowest BCUT2D eigenvalue weighted by atomic mass is 10.1. The van der Waals surface area contributed by atoms with Crippen molar-refractivity contribution in [1.82, 2.24) is 4.98 Å². The molecule has 3 nitrogen and oxygen atoms in total. The smallest absolute Gasteiger partial charge is 0.231 e. The van der Waals surface area contributed by atoms with E-state index in [9.17, 15) is 9.18 Å². The van der Waals surface area contributed by atoms with E-state index in [1.54, 1.807) is 34.4 Å². The topological polar surface area (TPSA) is 33.2 Å². The average molecular weight is 352 g/mol. The molecule has 3 aromatic rings. The van der Waals surface area contributed by atoms with E-state index < -0.39 is 0 Å². The molecular weight excluding hydrogens is 335 g/mol. The lowest BCUT2D eigenvalue weighted by molar-refractivity contribution is -0.117. The molecule has 0 N–H and O–H groups in total. The van der Waals surface area contributed by atoms with Crippen LogP contribution >= 0.6 is 11.3 Å². The van der Waals surface area contributed by atoms with E-state index in [2.05, 4.69) is 11.1 Å². The standard InChI is InChI=1S/C20H17FN2OS/c1-13-22-18(12-25-13)15-6-7-19-16(10-15)8-9-23(19)20(24)11-14-4-2-3-5-17(14)21/h2-7,10,12H,8-9,11H2,1H3. The number of benzene rings is 2. The Morgan fingerprint density at radius 1 is 1.28 bits per heavy atom. The number of aryl methyl sites for hydroxylation is 1. The van der Waals surface area contributed by atoms with Crippen LogP contribution in [-0.2, 0) is 17.6 Å². The number of fused-ring (bicyclic) bond motifs is 1. The Morgan fingerprint density at radius 3 is 2.88 bits per heavy atom. The largest absolute Gasteiger partial charge is 0.312 e. The van der Waals surface area contributed by atoms with Crippen LogP contribution in [-0.4, -0.2) is 17.4 Å². The molecule has 126 valence electrons. The third-order valence-corrected chi connectivity index (χ3v) is 5.26. The first-order chi connectivity index (χ1) is 12.1. The molecule has 1 amide bonds. The van der Waals surface area contributed by atoms with Gasteiger partial charge in [0.15, 0.2) is 0 Å². The van der Waals surface area contributed by atoms with Gasteiger partial charge in [-0.25, -0.2) is 9.37 Å².